The number of anilines is 2. The van der Waals surface area contributed by atoms with Crippen LogP contribution in [0, 0.1) is 5.92 Å². The molecule has 0 saturated heterocycles. The quantitative estimate of drug-likeness (QED) is 0.830. The number of rotatable bonds is 5. The minimum absolute atomic E-state index is 0.262. The fourth-order valence-corrected chi connectivity index (χ4v) is 3.70. The van der Waals surface area contributed by atoms with Crippen molar-refractivity contribution in [2.75, 3.05) is 24.2 Å². The lowest BCUT2D eigenvalue weighted by Crippen LogP contribution is -2.15. The number of nitrogen functional groups attached to an aromatic ring is 1. The summed E-state index contributed by atoms with van der Waals surface area (Å²) in [7, 11) is 2.09. The SMILES string of the molecule is CCN(C)c1sc(C(=O)C2CC2)c(N)c1C1CC1. The van der Waals surface area contributed by atoms with Gasteiger partial charge in [-0.05, 0) is 38.5 Å². The van der Waals surface area contributed by atoms with E-state index >= 15 is 0 Å². The molecule has 1 aromatic heterocycles. The Labute approximate surface area is 112 Å². The van der Waals surface area contributed by atoms with Crippen LogP contribution in [0.1, 0.15) is 53.8 Å². The first-order valence-corrected chi connectivity index (χ1v) is 7.62. The van der Waals surface area contributed by atoms with Crippen molar-refractivity contribution in [1.82, 2.24) is 0 Å². The van der Waals surface area contributed by atoms with E-state index < -0.39 is 0 Å². The van der Waals surface area contributed by atoms with Gasteiger partial charge in [0.15, 0.2) is 5.78 Å². The molecule has 18 heavy (non-hydrogen) atoms. The maximum atomic E-state index is 12.3. The molecule has 1 aromatic rings. The molecule has 1 heterocycles. The number of ketones is 1. The molecule has 3 nitrogen and oxygen atoms in total. The van der Waals surface area contributed by atoms with Gasteiger partial charge in [-0.1, -0.05) is 0 Å². The number of nitrogens with zero attached hydrogens (tertiary/aromatic N) is 1. The normalized spacial score (nSPS) is 19.0. The minimum Gasteiger partial charge on any atom is -0.397 e. The third-order valence-electron chi connectivity index (χ3n) is 3.94. The number of Topliss-reactive ketones (excluding diaryl/α,β-unsaturated/α-hetero) is 1. The van der Waals surface area contributed by atoms with E-state index in [2.05, 4.69) is 18.9 Å². The van der Waals surface area contributed by atoms with Gasteiger partial charge in [-0.2, -0.15) is 0 Å². The fraction of sp³-hybridized carbons (Fsp3) is 0.643. The third-order valence-corrected chi connectivity index (χ3v) is 5.29. The number of nitrogens with two attached hydrogens (primary N) is 1. The fourth-order valence-electron chi connectivity index (χ4n) is 2.35. The average molecular weight is 264 g/mol. The van der Waals surface area contributed by atoms with Crippen LogP contribution >= 0.6 is 11.3 Å². The molecule has 2 aliphatic carbocycles. The Morgan fingerprint density at radius 1 is 1.39 bits per heavy atom. The van der Waals surface area contributed by atoms with Crippen molar-refractivity contribution in [3.05, 3.63) is 10.4 Å². The molecule has 4 heteroatoms. The Hall–Kier alpha value is -1.03. The second-order valence-corrected chi connectivity index (χ2v) is 6.49. The van der Waals surface area contributed by atoms with Crippen molar-refractivity contribution >= 4 is 27.8 Å². The van der Waals surface area contributed by atoms with Gasteiger partial charge in [-0.25, -0.2) is 0 Å². The summed E-state index contributed by atoms with van der Waals surface area (Å²) in [5.74, 6) is 1.15. The zero-order valence-corrected chi connectivity index (χ0v) is 11.8. The molecular formula is C14H20N2OS. The van der Waals surface area contributed by atoms with Crippen molar-refractivity contribution in [3.63, 3.8) is 0 Å². The van der Waals surface area contributed by atoms with Crippen molar-refractivity contribution in [2.24, 2.45) is 5.92 Å². The van der Waals surface area contributed by atoms with Crippen LogP contribution in [-0.4, -0.2) is 19.4 Å². The molecule has 0 amide bonds. The number of carbonyl (C=O) groups excluding carboxylic acids is 1. The molecule has 2 fully saturated rings. The van der Waals surface area contributed by atoms with Gasteiger partial charge in [0.25, 0.3) is 0 Å². The van der Waals surface area contributed by atoms with E-state index in [-0.39, 0.29) is 11.7 Å². The van der Waals surface area contributed by atoms with Gasteiger partial charge in [-0.3, -0.25) is 4.79 Å². The first kappa shape index (κ1) is 12.0. The lowest BCUT2D eigenvalue weighted by Gasteiger charge is -2.16. The standard InChI is InChI=1S/C14H20N2OS/c1-3-16(2)14-10(8-4-5-8)11(15)13(18-14)12(17)9-6-7-9/h8-9H,3-7,15H2,1-2H3. The summed E-state index contributed by atoms with van der Waals surface area (Å²) in [6.07, 6.45) is 4.55. The smallest absolute Gasteiger partial charge is 0.178 e. The van der Waals surface area contributed by atoms with Gasteiger partial charge in [0, 0.05) is 25.1 Å². The highest BCUT2D eigenvalue weighted by Crippen LogP contribution is 2.52. The molecule has 0 radical (unpaired) electrons. The zero-order valence-electron chi connectivity index (χ0n) is 11.0. The molecule has 0 aromatic carbocycles. The van der Waals surface area contributed by atoms with Crippen LogP contribution < -0.4 is 10.6 Å². The van der Waals surface area contributed by atoms with Gasteiger partial charge in [-0.15, -0.1) is 11.3 Å². The predicted octanol–water partition coefficient (Wildman–Crippen LogP) is 3.26. The van der Waals surface area contributed by atoms with E-state index in [0.29, 0.717) is 5.92 Å². The Bertz CT molecular complexity index is 486. The summed E-state index contributed by atoms with van der Waals surface area (Å²) in [4.78, 5) is 15.3. The lowest BCUT2D eigenvalue weighted by atomic mass is 10.1. The van der Waals surface area contributed by atoms with E-state index in [1.165, 1.54) is 23.4 Å². The summed E-state index contributed by atoms with van der Waals surface area (Å²) in [5, 5.41) is 1.22. The van der Waals surface area contributed by atoms with E-state index in [9.17, 15) is 4.79 Å². The van der Waals surface area contributed by atoms with Crippen LogP contribution in [0.2, 0.25) is 0 Å². The van der Waals surface area contributed by atoms with Crippen LogP contribution in [0.15, 0.2) is 0 Å². The summed E-state index contributed by atoms with van der Waals surface area (Å²) in [5.41, 5.74) is 8.31. The topological polar surface area (TPSA) is 46.3 Å². The first-order chi connectivity index (χ1) is 8.63. The highest BCUT2D eigenvalue weighted by molar-refractivity contribution is 7.19. The maximum Gasteiger partial charge on any atom is 0.178 e. The second-order valence-electron chi connectivity index (χ2n) is 5.49. The van der Waals surface area contributed by atoms with Gasteiger partial charge in [0.1, 0.15) is 0 Å². The molecule has 0 spiro atoms. The first-order valence-electron chi connectivity index (χ1n) is 6.81. The van der Waals surface area contributed by atoms with E-state index in [4.69, 9.17) is 5.73 Å². The van der Waals surface area contributed by atoms with Crippen molar-refractivity contribution in [2.45, 2.75) is 38.5 Å². The Morgan fingerprint density at radius 2 is 2.06 bits per heavy atom. The maximum absolute atomic E-state index is 12.3. The number of thiophene rings is 1. The Morgan fingerprint density at radius 3 is 2.56 bits per heavy atom. The zero-order chi connectivity index (χ0) is 12.9. The van der Waals surface area contributed by atoms with Crippen molar-refractivity contribution in [3.8, 4) is 0 Å². The Kier molecular flexibility index (Phi) is 2.85. The molecule has 3 rings (SSSR count). The van der Waals surface area contributed by atoms with Crippen molar-refractivity contribution in [1.29, 1.82) is 0 Å². The number of hydrogen-bond acceptors (Lipinski definition) is 4. The molecule has 0 unspecified atom stereocenters. The van der Waals surface area contributed by atoms with Crippen LogP contribution in [0.3, 0.4) is 0 Å². The molecule has 2 saturated carbocycles. The highest BCUT2D eigenvalue weighted by atomic mass is 32.1. The number of hydrogen-bond donors (Lipinski definition) is 1. The number of carbonyl (C=O) groups is 1. The van der Waals surface area contributed by atoms with Crippen LogP contribution in [0.5, 0.6) is 0 Å². The van der Waals surface area contributed by atoms with Gasteiger partial charge in [0.05, 0.1) is 15.6 Å². The largest absolute Gasteiger partial charge is 0.397 e. The second kappa shape index (κ2) is 4.26. The molecule has 0 atom stereocenters. The Balaban J connectivity index is 2.02. The summed E-state index contributed by atoms with van der Waals surface area (Å²) in [6.45, 7) is 3.09. The minimum atomic E-state index is 0.262. The molecule has 2 N–H and O–H groups in total. The third kappa shape index (κ3) is 1.92. The van der Waals surface area contributed by atoms with E-state index in [0.717, 1.165) is 30.0 Å². The van der Waals surface area contributed by atoms with Crippen LogP contribution in [0.4, 0.5) is 10.7 Å². The summed E-state index contributed by atoms with van der Waals surface area (Å²) < 4.78 is 0. The average Bonchev–Trinajstić information content (AvgIpc) is 3.25. The molecule has 0 aliphatic heterocycles. The van der Waals surface area contributed by atoms with E-state index in [1.807, 2.05) is 0 Å². The van der Waals surface area contributed by atoms with Gasteiger partial charge < -0.3 is 10.6 Å². The van der Waals surface area contributed by atoms with Gasteiger partial charge in [0.2, 0.25) is 0 Å². The van der Waals surface area contributed by atoms with Gasteiger partial charge >= 0.3 is 0 Å². The monoisotopic (exact) mass is 264 g/mol. The molecule has 0 bridgehead atoms. The van der Waals surface area contributed by atoms with Crippen molar-refractivity contribution < 1.29 is 4.79 Å². The van der Waals surface area contributed by atoms with Crippen LogP contribution in [-0.2, 0) is 0 Å². The van der Waals surface area contributed by atoms with E-state index in [1.54, 1.807) is 11.3 Å². The van der Waals surface area contributed by atoms with Crippen LogP contribution in [0.25, 0.3) is 0 Å². The predicted molar refractivity (Wildman–Crippen MR) is 76.7 cm³/mol. The molecular weight excluding hydrogens is 244 g/mol. The lowest BCUT2D eigenvalue weighted by molar-refractivity contribution is 0.0972. The molecule has 2 aliphatic rings. The summed E-state index contributed by atoms with van der Waals surface area (Å²) in [6, 6.07) is 0. The highest BCUT2D eigenvalue weighted by Gasteiger charge is 2.37. The molecule has 98 valence electrons. The summed E-state index contributed by atoms with van der Waals surface area (Å²) >= 11 is 1.61.